The average molecular weight is 488 g/mol. The molecule has 0 saturated carbocycles. The fourth-order valence-corrected chi connectivity index (χ4v) is 3.88. The van der Waals surface area contributed by atoms with Crippen LogP contribution in [0.3, 0.4) is 0 Å². The van der Waals surface area contributed by atoms with E-state index < -0.39 is 0 Å². The third-order valence-electron chi connectivity index (χ3n) is 5.29. The predicted molar refractivity (Wildman–Crippen MR) is 137 cm³/mol. The Bertz CT molecular complexity index is 1380. The molecule has 0 radical (unpaired) electrons. The van der Waals surface area contributed by atoms with Gasteiger partial charge in [-0.2, -0.15) is 4.98 Å². The van der Waals surface area contributed by atoms with E-state index in [1.54, 1.807) is 22.9 Å². The van der Waals surface area contributed by atoms with E-state index in [2.05, 4.69) is 26.8 Å². The van der Waals surface area contributed by atoms with Crippen LogP contribution in [0.5, 0.6) is 0 Å². The molecule has 1 unspecified atom stereocenters. The van der Waals surface area contributed by atoms with Crippen LogP contribution >= 0.6 is 23.2 Å². The van der Waals surface area contributed by atoms with Gasteiger partial charge in [-0.1, -0.05) is 77.8 Å². The van der Waals surface area contributed by atoms with Crippen LogP contribution in [-0.2, 0) is 4.79 Å². The Kier molecular flexibility index (Phi) is 6.16. The number of amides is 1. The van der Waals surface area contributed by atoms with E-state index in [0.717, 1.165) is 22.4 Å². The molecule has 1 atom stereocenters. The molecule has 6 nitrogen and oxygen atoms in total. The molecule has 1 aliphatic rings. The minimum absolute atomic E-state index is 0.203. The number of benzene rings is 3. The number of carbonyl (C=O) groups is 1. The van der Waals surface area contributed by atoms with E-state index in [0.29, 0.717) is 16.0 Å². The molecule has 34 heavy (non-hydrogen) atoms. The smallest absolute Gasteiger partial charge is 0.250 e. The summed E-state index contributed by atoms with van der Waals surface area (Å²) in [7, 11) is 0. The molecule has 2 heterocycles. The zero-order valence-electron chi connectivity index (χ0n) is 17.8. The molecule has 2 N–H and O–H groups in total. The molecule has 0 aliphatic carbocycles. The van der Waals surface area contributed by atoms with Gasteiger partial charge in [-0.15, -0.1) is 5.10 Å². The largest absolute Gasteiger partial charge is 0.324 e. The number of nitrogens with one attached hydrogen (secondary N) is 2. The molecule has 1 aliphatic heterocycles. The monoisotopic (exact) mass is 487 g/mol. The standard InChI is InChI=1S/C26H19Cl2N5O/c27-20-11-6-17(7-12-20)8-15-24(34)30-25-31-26-29-22(18-9-13-21(28)14-10-18)16-23(33(26)32-25)19-4-2-1-3-5-19/h1-16,23H,(H2,29,30,31,32,34)/b15-8+. The second-order valence-electron chi connectivity index (χ2n) is 7.65. The molecular weight excluding hydrogens is 469 g/mol. The minimum atomic E-state index is -0.333. The summed E-state index contributed by atoms with van der Waals surface area (Å²) in [6, 6.07) is 24.6. The zero-order chi connectivity index (χ0) is 23.5. The highest BCUT2D eigenvalue weighted by molar-refractivity contribution is 6.30. The molecule has 168 valence electrons. The maximum Gasteiger partial charge on any atom is 0.250 e. The van der Waals surface area contributed by atoms with Gasteiger partial charge in [0, 0.05) is 21.8 Å². The van der Waals surface area contributed by atoms with E-state index in [1.165, 1.54) is 6.08 Å². The summed E-state index contributed by atoms with van der Waals surface area (Å²) in [6.45, 7) is 0. The van der Waals surface area contributed by atoms with Crippen LogP contribution in [0, 0.1) is 0 Å². The SMILES string of the molecule is O=C(/C=C/c1ccc(Cl)cc1)Nc1nc2n(n1)C(c1ccccc1)C=C(c1ccc(Cl)cc1)N2. The number of nitrogens with zero attached hydrogens (tertiary/aromatic N) is 3. The summed E-state index contributed by atoms with van der Waals surface area (Å²) in [4.78, 5) is 17.0. The van der Waals surface area contributed by atoms with Crippen molar-refractivity contribution in [1.29, 1.82) is 0 Å². The van der Waals surface area contributed by atoms with Crippen LogP contribution in [0.15, 0.2) is 91.0 Å². The molecule has 1 amide bonds. The number of carbonyl (C=O) groups excluding carboxylic acids is 1. The molecule has 0 spiro atoms. The lowest BCUT2D eigenvalue weighted by Crippen LogP contribution is -2.20. The quantitative estimate of drug-likeness (QED) is 0.324. The number of fused-ring (bicyclic) bond motifs is 1. The van der Waals surface area contributed by atoms with Gasteiger partial charge >= 0.3 is 0 Å². The van der Waals surface area contributed by atoms with Gasteiger partial charge in [0.15, 0.2) is 0 Å². The van der Waals surface area contributed by atoms with Crippen LogP contribution in [0.1, 0.15) is 22.7 Å². The zero-order valence-corrected chi connectivity index (χ0v) is 19.3. The van der Waals surface area contributed by atoms with Crippen molar-refractivity contribution >= 4 is 52.8 Å². The fourth-order valence-electron chi connectivity index (χ4n) is 3.63. The van der Waals surface area contributed by atoms with Crippen molar-refractivity contribution in [3.05, 3.63) is 118 Å². The van der Waals surface area contributed by atoms with Crippen molar-refractivity contribution in [2.45, 2.75) is 6.04 Å². The van der Waals surface area contributed by atoms with Crippen LogP contribution in [0.2, 0.25) is 10.0 Å². The number of allylic oxidation sites excluding steroid dienone is 1. The van der Waals surface area contributed by atoms with Gasteiger partial charge in [-0.05, 0) is 53.1 Å². The third kappa shape index (κ3) is 4.88. The van der Waals surface area contributed by atoms with Crippen molar-refractivity contribution in [3.8, 4) is 0 Å². The van der Waals surface area contributed by atoms with Crippen LogP contribution in [0.4, 0.5) is 11.9 Å². The molecule has 3 aromatic carbocycles. The molecule has 0 saturated heterocycles. The van der Waals surface area contributed by atoms with Gasteiger partial charge in [0.25, 0.3) is 11.9 Å². The highest BCUT2D eigenvalue weighted by atomic mass is 35.5. The van der Waals surface area contributed by atoms with Gasteiger partial charge in [-0.3, -0.25) is 10.1 Å². The first-order chi connectivity index (χ1) is 16.5. The number of hydrogen-bond acceptors (Lipinski definition) is 4. The summed E-state index contributed by atoms with van der Waals surface area (Å²) >= 11 is 12.0. The summed E-state index contributed by atoms with van der Waals surface area (Å²) in [5, 5.41) is 11.9. The molecule has 8 heteroatoms. The Morgan fingerprint density at radius 2 is 1.62 bits per heavy atom. The van der Waals surface area contributed by atoms with Gasteiger partial charge in [0.1, 0.15) is 6.04 Å². The van der Waals surface area contributed by atoms with Gasteiger partial charge in [0.05, 0.1) is 0 Å². The van der Waals surface area contributed by atoms with Crippen LogP contribution < -0.4 is 10.6 Å². The van der Waals surface area contributed by atoms with Gasteiger partial charge in [0.2, 0.25) is 5.95 Å². The molecule has 4 aromatic rings. The number of hydrogen-bond donors (Lipinski definition) is 2. The second-order valence-corrected chi connectivity index (χ2v) is 8.52. The van der Waals surface area contributed by atoms with Crippen molar-refractivity contribution < 1.29 is 4.79 Å². The highest BCUT2D eigenvalue weighted by Crippen LogP contribution is 2.33. The van der Waals surface area contributed by atoms with Crippen molar-refractivity contribution in [2.24, 2.45) is 0 Å². The summed E-state index contributed by atoms with van der Waals surface area (Å²) in [5.41, 5.74) is 3.75. The topological polar surface area (TPSA) is 71.8 Å². The molecular formula is C26H19Cl2N5O. The lowest BCUT2D eigenvalue weighted by molar-refractivity contribution is -0.111. The first kappa shape index (κ1) is 21.9. The van der Waals surface area contributed by atoms with E-state index >= 15 is 0 Å². The first-order valence-corrected chi connectivity index (χ1v) is 11.3. The average Bonchev–Trinajstić information content (AvgIpc) is 3.26. The molecule has 5 rings (SSSR count). The second kappa shape index (κ2) is 9.55. The number of aromatic nitrogens is 3. The van der Waals surface area contributed by atoms with Crippen LogP contribution in [-0.4, -0.2) is 20.7 Å². The van der Waals surface area contributed by atoms with E-state index in [-0.39, 0.29) is 17.9 Å². The lowest BCUT2D eigenvalue weighted by Gasteiger charge is -2.24. The summed E-state index contributed by atoms with van der Waals surface area (Å²) in [6.07, 6.45) is 5.21. The molecule has 0 fully saturated rings. The maximum atomic E-state index is 12.5. The van der Waals surface area contributed by atoms with E-state index in [1.807, 2.05) is 66.7 Å². The predicted octanol–water partition coefficient (Wildman–Crippen LogP) is 6.29. The summed E-state index contributed by atoms with van der Waals surface area (Å²) in [5.74, 6) is 0.401. The number of halogens is 2. The molecule has 1 aromatic heterocycles. The number of anilines is 2. The Hall–Kier alpha value is -3.87. The minimum Gasteiger partial charge on any atom is -0.324 e. The fraction of sp³-hybridized carbons (Fsp3) is 0.0385. The third-order valence-corrected chi connectivity index (χ3v) is 5.80. The van der Waals surface area contributed by atoms with E-state index in [9.17, 15) is 4.79 Å². The normalized spacial score (nSPS) is 14.9. The Balaban J connectivity index is 1.41. The first-order valence-electron chi connectivity index (χ1n) is 10.6. The van der Waals surface area contributed by atoms with Crippen molar-refractivity contribution in [2.75, 3.05) is 10.6 Å². The van der Waals surface area contributed by atoms with Crippen molar-refractivity contribution in [1.82, 2.24) is 14.8 Å². The molecule has 0 bridgehead atoms. The maximum absolute atomic E-state index is 12.5. The number of rotatable bonds is 5. The van der Waals surface area contributed by atoms with Crippen molar-refractivity contribution in [3.63, 3.8) is 0 Å². The van der Waals surface area contributed by atoms with Crippen LogP contribution in [0.25, 0.3) is 11.8 Å². The Labute approximate surface area is 206 Å². The lowest BCUT2D eigenvalue weighted by atomic mass is 10.0. The summed E-state index contributed by atoms with van der Waals surface area (Å²) < 4.78 is 1.76. The van der Waals surface area contributed by atoms with Gasteiger partial charge in [-0.25, -0.2) is 4.68 Å². The highest BCUT2D eigenvalue weighted by Gasteiger charge is 2.25. The van der Waals surface area contributed by atoms with Gasteiger partial charge < -0.3 is 5.32 Å². The Morgan fingerprint density at radius 1 is 0.941 bits per heavy atom. The van der Waals surface area contributed by atoms with E-state index in [4.69, 9.17) is 23.2 Å². The Morgan fingerprint density at radius 3 is 2.32 bits per heavy atom.